The van der Waals surface area contributed by atoms with Crippen LogP contribution in [0.25, 0.3) is 0 Å². The first-order valence-corrected chi connectivity index (χ1v) is 8.40. The highest BCUT2D eigenvalue weighted by Gasteiger charge is 2.49. The molecule has 2 heterocycles. The smallest absolute Gasteiger partial charge is 0.326 e. The number of carboxylic acid groups (broad SMARTS) is 1. The summed E-state index contributed by atoms with van der Waals surface area (Å²) in [5, 5.41) is 9.59. The third kappa shape index (κ3) is 2.18. The number of amides is 3. The first kappa shape index (κ1) is 15.8. The van der Waals surface area contributed by atoms with Crippen LogP contribution in [0.5, 0.6) is 0 Å². The number of rotatable bonds is 2. The van der Waals surface area contributed by atoms with Gasteiger partial charge in [0, 0.05) is 19.2 Å². The largest absolute Gasteiger partial charge is 0.480 e. The van der Waals surface area contributed by atoms with Gasteiger partial charge in [-0.3, -0.25) is 19.3 Å². The second-order valence-corrected chi connectivity index (χ2v) is 7.03. The van der Waals surface area contributed by atoms with Crippen LogP contribution in [0.1, 0.15) is 50.3 Å². The van der Waals surface area contributed by atoms with Gasteiger partial charge in [-0.05, 0) is 42.9 Å². The van der Waals surface area contributed by atoms with Gasteiger partial charge in [0.15, 0.2) is 0 Å². The lowest BCUT2D eigenvalue weighted by Gasteiger charge is -2.24. The van der Waals surface area contributed by atoms with Crippen LogP contribution in [0.3, 0.4) is 0 Å². The SMILES string of the molecule is CN1C(=O)c2ccc(C(=O)N3CC4CCCC4C3C(=O)O)cc2C1=O. The minimum absolute atomic E-state index is 0.00483. The van der Waals surface area contributed by atoms with Gasteiger partial charge in [0.25, 0.3) is 17.7 Å². The van der Waals surface area contributed by atoms with Gasteiger partial charge >= 0.3 is 5.97 Å². The van der Waals surface area contributed by atoms with Gasteiger partial charge in [0.05, 0.1) is 11.1 Å². The average Bonchev–Trinajstić information content (AvgIpc) is 3.23. The molecule has 1 saturated carbocycles. The minimum Gasteiger partial charge on any atom is -0.480 e. The van der Waals surface area contributed by atoms with E-state index in [0.717, 1.165) is 24.2 Å². The fourth-order valence-electron chi connectivity index (χ4n) is 4.49. The lowest BCUT2D eigenvalue weighted by molar-refractivity contribution is -0.142. The maximum Gasteiger partial charge on any atom is 0.326 e. The third-order valence-electron chi connectivity index (χ3n) is 5.74. The maximum absolute atomic E-state index is 12.9. The summed E-state index contributed by atoms with van der Waals surface area (Å²) in [5.41, 5.74) is 0.725. The molecule has 1 aliphatic carbocycles. The highest BCUT2D eigenvalue weighted by molar-refractivity contribution is 6.21. The second-order valence-electron chi connectivity index (χ2n) is 7.03. The molecule has 3 unspecified atom stereocenters. The Bertz CT molecular complexity index is 818. The predicted octanol–water partition coefficient (Wildman–Crippen LogP) is 1.24. The van der Waals surface area contributed by atoms with Crippen molar-refractivity contribution in [2.24, 2.45) is 11.8 Å². The van der Waals surface area contributed by atoms with Crippen molar-refractivity contribution >= 4 is 23.7 Å². The van der Waals surface area contributed by atoms with E-state index in [0.29, 0.717) is 6.54 Å². The topological polar surface area (TPSA) is 95.0 Å². The molecule has 0 bridgehead atoms. The summed E-state index contributed by atoms with van der Waals surface area (Å²) in [6, 6.07) is 3.57. The van der Waals surface area contributed by atoms with E-state index in [1.54, 1.807) is 0 Å². The van der Waals surface area contributed by atoms with Gasteiger partial charge in [0.1, 0.15) is 6.04 Å². The number of hydrogen-bond acceptors (Lipinski definition) is 4. The molecule has 3 amide bonds. The Morgan fingerprint density at radius 1 is 1.12 bits per heavy atom. The molecule has 2 fully saturated rings. The van der Waals surface area contributed by atoms with Crippen molar-refractivity contribution in [3.63, 3.8) is 0 Å². The molecule has 1 aromatic rings. The van der Waals surface area contributed by atoms with E-state index in [1.807, 2.05) is 0 Å². The van der Waals surface area contributed by atoms with E-state index in [9.17, 15) is 24.3 Å². The van der Waals surface area contributed by atoms with Crippen LogP contribution in [0.2, 0.25) is 0 Å². The number of fused-ring (bicyclic) bond motifs is 2. The molecule has 0 radical (unpaired) electrons. The van der Waals surface area contributed by atoms with Crippen molar-refractivity contribution < 1.29 is 24.3 Å². The number of likely N-dealkylation sites (tertiary alicyclic amines) is 1. The number of carbonyl (C=O) groups is 4. The number of nitrogens with zero attached hydrogens (tertiary/aromatic N) is 2. The number of benzene rings is 1. The molecule has 3 atom stereocenters. The first-order valence-electron chi connectivity index (χ1n) is 8.40. The Morgan fingerprint density at radius 2 is 1.84 bits per heavy atom. The molecule has 1 aromatic carbocycles. The summed E-state index contributed by atoms with van der Waals surface area (Å²) < 4.78 is 0. The second kappa shape index (κ2) is 5.40. The summed E-state index contributed by atoms with van der Waals surface area (Å²) in [7, 11) is 1.40. The van der Waals surface area contributed by atoms with Crippen molar-refractivity contribution in [2.45, 2.75) is 25.3 Å². The molecule has 7 heteroatoms. The highest BCUT2D eigenvalue weighted by Crippen LogP contribution is 2.42. The fraction of sp³-hybridized carbons (Fsp3) is 0.444. The minimum atomic E-state index is -0.977. The van der Waals surface area contributed by atoms with Crippen LogP contribution in [-0.4, -0.2) is 58.2 Å². The van der Waals surface area contributed by atoms with Gasteiger partial charge in [-0.25, -0.2) is 4.79 Å². The van der Waals surface area contributed by atoms with Gasteiger partial charge in [-0.2, -0.15) is 0 Å². The van der Waals surface area contributed by atoms with Gasteiger partial charge in [-0.1, -0.05) is 6.42 Å². The zero-order valence-electron chi connectivity index (χ0n) is 13.8. The number of carboxylic acids is 1. The Labute approximate surface area is 144 Å². The van der Waals surface area contributed by atoms with Crippen LogP contribution < -0.4 is 0 Å². The summed E-state index contributed by atoms with van der Waals surface area (Å²) in [6.45, 7) is 0.435. The van der Waals surface area contributed by atoms with Crippen LogP contribution >= 0.6 is 0 Å². The molecule has 2 aliphatic heterocycles. The Kier molecular flexibility index (Phi) is 3.42. The maximum atomic E-state index is 12.9. The monoisotopic (exact) mass is 342 g/mol. The van der Waals surface area contributed by atoms with Gasteiger partial charge in [-0.15, -0.1) is 0 Å². The molecule has 25 heavy (non-hydrogen) atoms. The molecular formula is C18H18N2O5. The van der Waals surface area contributed by atoms with Crippen LogP contribution in [0.15, 0.2) is 18.2 Å². The molecule has 3 aliphatic rings. The van der Waals surface area contributed by atoms with E-state index < -0.39 is 23.8 Å². The van der Waals surface area contributed by atoms with Crippen molar-refractivity contribution in [3.8, 4) is 0 Å². The fourth-order valence-corrected chi connectivity index (χ4v) is 4.49. The molecule has 130 valence electrons. The zero-order valence-corrected chi connectivity index (χ0v) is 13.8. The number of hydrogen-bond donors (Lipinski definition) is 1. The molecule has 7 nitrogen and oxygen atoms in total. The van der Waals surface area contributed by atoms with Crippen LogP contribution in [0.4, 0.5) is 0 Å². The van der Waals surface area contributed by atoms with Crippen LogP contribution in [0, 0.1) is 11.8 Å². The molecule has 0 aromatic heterocycles. The molecule has 1 saturated heterocycles. The standard InChI is InChI=1S/C18H18N2O5/c1-19-16(22)12-6-5-9(7-13(12)17(19)23)15(21)20-8-10-3-2-4-11(10)14(20)18(24)25/h5-7,10-11,14H,2-4,8H2,1H3,(H,24,25). The number of imide groups is 1. The van der Waals surface area contributed by atoms with E-state index in [1.165, 1.54) is 30.1 Å². The highest BCUT2D eigenvalue weighted by atomic mass is 16.4. The molecule has 1 N–H and O–H groups in total. The number of carbonyl (C=O) groups excluding carboxylic acids is 3. The lowest BCUT2D eigenvalue weighted by Crippen LogP contribution is -2.43. The Balaban J connectivity index is 1.67. The summed E-state index contributed by atoms with van der Waals surface area (Å²) >= 11 is 0. The predicted molar refractivity (Wildman–Crippen MR) is 86.2 cm³/mol. The van der Waals surface area contributed by atoms with Gasteiger partial charge in [0.2, 0.25) is 0 Å². The summed E-state index contributed by atoms with van der Waals surface area (Å²) in [4.78, 5) is 51.1. The number of aliphatic carboxylic acids is 1. The van der Waals surface area contributed by atoms with Crippen molar-refractivity contribution in [2.75, 3.05) is 13.6 Å². The third-order valence-corrected chi connectivity index (χ3v) is 5.74. The molecule has 0 spiro atoms. The first-order chi connectivity index (χ1) is 11.9. The summed E-state index contributed by atoms with van der Waals surface area (Å²) in [5.74, 6) is -1.96. The van der Waals surface area contributed by atoms with E-state index in [2.05, 4.69) is 0 Å². The normalized spacial score (nSPS) is 27.6. The average molecular weight is 342 g/mol. The lowest BCUT2D eigenvalue weighted by atomic mass is 9.94. The zero-order chi connectivity index (χ0) is 17.9. The van der Waals surface area contributed by atoms with Crippen molar-refractivity contribution in [3.05, 3.63) is 34.9 Å². The summed E-state index contributed by atoms with van der Waals surface area (Å²) in [6.07, 6.45) is 2.77. The Hall–Kier alpha value is -2.70. The van der Waals surface area contributed by atoms with Crippen LogP contribution in [-0.2, 0) is 4.79 Å². The van der Waals surface area contributed by atoms with E-state index >= 15 is 0 Å². The van der Waals surface area contributed by atoms with Crippen molar-refractivity contribution in [1.82, 2.24) is 9.80 Å². The Morgan fingerprint density at radius 3 is 2.56 bits per heavy atom. The van der Waals surface area contributed by atoms with Crippen molar-refractivity contribution in [1.29, 1.82) is 0 Å². The quantitative estimate of drug-likeness (QED) is 0.816. The van der Waals surface area contributed by atoms with E-state index in [4.69, 9.17) is 0 Å². The molecule has 4 rings (SSSR count). The van der Waals surface area contributed by atoms with Gasteiger partial charge < -0.3 is 10.0 Å². The van der Waals surface area contributed by atoms with E-state index in [-0.39, 0.29) is 34.4 Å². The molecular weight excluding hydrogens is 324 g/mol.